The molecule has 1 amide bonds. The quantitative estimate of drug-likeness (QED) is 0.730. The molecule has 3 heterocycles. The maximum atomic E-state index is 12.0. The number of hydrogen-bond acceptors (Lipinski definition) is 6. The summed E-state index contributed by atoms with van der Waals surface area (Å²) >= 11 is 1.74. The van der Waals surface area contributed by atoms with Gasteiger partial charge in [0, 0.05) is 36.9 Å². The Labute approximate surface area is 148 Å². The number of nitrogens with one attached hydrogen (secondary N) is 1. The molecule has 0 fully saturated rings. The van der Waals surface area contributed by atoms with E-state index >= 15 is 0 Å². The van der Waals surface area contributed by atoms with Gasteiger partial charge < -0.3 is 14.4 Å². The second kappa shape index (κ2) is 7.10. The molecule has 1 aliphatic heterocycles. The third-order valence-electron chi connectivity index (χ3n) is 3.89. The second-order valence-electron chi connectivity index (χ2n) is 5.71. The van der Waals surface area contributed by atoms with E-state index in [2.05, 4.69) is 25.0 Å². The standard InChI is InChI=1S/C17H17N5O2S/c23-14(18-10-13-11-22-8-9-25-17(22)19-13)6-7-15-20-16(21-24-15)12-4-2-1-3-5-12/h1-5,11H,6-10H2,(H,18,23). The van der Waals surface area contributed by atoms with E-state index in [9.17, 15) is 4.79 Å². The lowest BCUT2D eigenvalue weighted by molar-refractivity contribution is -0.121. The maximum absolute atomic E-state index is 12.0. The van der Waals surface area contributed by atoms with Crippen LogP contribution < -0.4 is 5.32 Å². The number of hydrogen-bond donors (Lipinski definition) is 1. The highest BCUT2D eigenvalue weighted by molar-refractivity contribution is 7.99. The lowest BCUT2D eigenvalue weighted by atomic mass is 10.2. The number of carbonyl (C=O) groups is 1. The fourth-order valence-electron chi connectivity index (χ4n) is 2.61. The molecule has 0 bridgehead atoms. The average molecular weight is 355 g/mol. The predicted octanol–water partition coefficient (Wildman–Crippen LogP) is 2.29. The zero-order chi connectivity index (χ0) is 17.1. The van der Waals surface area contributed by atoms with E-state index in [1.165, 1.54) is 0 Å². The molecule has 25 heavy (non-hydrogen) atoms. The van der Waals surface area contributed by atoms with Gasteiger partial charge in [-0.25, -0.2) is 4.98 Å². The fraction of sp³-hybridized carbons (Fsp3) is 0.294. The molecule has 0 saturated heterocycles. The lowest BCUT2D eigenvalue weighted by Crippen LogP contribution is -2.23. The Morgan fingerprint density at radius 2 is 2.16 bits per heavy atom. The number of nitrogens with zero attached hydrogens (tertiary/aromatic N) is 4. The number of fused-ring (bicyclic) bond motifs is 1. The summed E-state index contributed by atoms with van der Waals surface area (Å²) in [5, 5.41) is 7.87. The second-order valence-corrected chi connectivity index (χ2v) is 6.77. The number of aromatic nitrogens is 4. The van der Waals surface area contributed by atoms with Gasteiger partial charge in [0.2, 0.25) is 17.6 Å². The Kier molecular flexibility index (Phi) is 4.51. The van der Waals surface area contributed by atoms with Gasteiger partial charge in [-0.05, 0) is 0 Å². The highest BCUT2D eigenvalue weighted by Crippen LogP contribution is 2.24. The van der Waals surface area contributed by atoms with Crippen LogP contribution in [0.15, 0.2) is 46.2 Å². The third kappa shape index (κ3) is 3.74. The average Bonchev–Trinajstić information content (AvgIpc) is 3.34. The van der Waals surface area contributed by atoms with Crippen LogP contribution in [0.4, 0.5) is 0 Å². The van der Waals surface area contributed by atoms with Crippen LogP contribution in [-0.4, -0.2) is 31.4 Å². The van der Waals surface area contributed by atoms with Crippen molar-refractivity contribution in [3.05, 3.63) is 48.1 Å². The number of amides is 1. The molecule has 8 heteroatoms. The summed E-state index contributed by atoms with van der Waals surface area (Å²) in [5.41, 5.74) is 1.78. The van der Waals surface area contributed by atoms with Crippen molar-refractivity contribution in [1.82, 2.24) is 25.0 Å². The summed E-state index contributed by atoms with van der Waals surface area (Å²) < 4.78 is 7.33. The Morgan fingerprint density at radius 3 is 3.00 bits per heavy atom. The summed E-state index contributed by atoms with van der Waals surface area (Å²) in [4.78, 5) is 20.8. The van der Waals surface area contributed by atoms with Crippen molar-refractivity contribution in [2.24, 2.45) is 0 Å². The van der Waals surface area contributed by atoms with E-state index in [0.29, 0.717) is 31.1 Å². The first kappa shape index (κ1) is 15.9. The van der Waals surface area contributed by atoms with E-state index in [1.54, 1.807) is 11.8 Å². The SMILES string of the molecule is O=C(CCc1nc(-c2ccccc2)no1)NCc1cn2c(n1)SCC2. The van der Waals surface area contributed by atoms with E-state index in [4.69, 9.17) is 4.52 Å². The molecule has 1 aliphatic rings. The predicted molar refractivity (Wildman–Crippen MR) is 92.9 cm³/mol. The molecule has 0 saturated carbocycles. The minimum Gasteiger partial charge on any atom is -0.350 e. The lowest BCUT2D eigenvalue weighted by Gasteiger charge is -2.01. The van der Waals surface area contributed by atoms with Gasteiger partial charge in [0.25, 0.3) is 0 Å². The van der Waals surface area contributed by atoms with Crippen LogP contribution in [0.5, 0.6) is 0 Å². The molecule has 0 unspecified atom stereocenters. The largest absolute Gasteiger partial charge is 0.350 e. The molecule has 4 rings (SSSR count). The van der Waals surface area contributed by atoms with Crippen LogP contribution >= 0.6 is 11.8 Å². The zero-order valence-corrected chi connectivity index (χ0v) is 14.3. The maximum Gasteiger partial charge on any atom is 0.227 e. The zero-order valence-electron chi connectivity index (χ0n) is 13.5. The summed E-state index contributed by atoms with van der Waals surface area (Å²) in [6, 6.07) is 9.61. The van der Waals surface area contributed by atoms with Gasteiger partial charge in [-0.2, -0.15) is 4.98 Å². The molecule has 0 spiro atoms. The van der Waals surface area contributed by atoms with Gasteiger partial charge in [0.15, 0.2) is 5.16 Å². The van der Waals surface area contributed by atoms with Crippen LogP contribution in [0.1, 0.15) is 18.0 Å². The van der Waals surface area contributed by atoms with Gasteiger partial charge in [0.1, 0.15) is 0 Å². The fourth-order valence-corrected chi connectivity index (χ4v) is 3.57. The highest BCUT2D eigenvalue weighted by Gasteiger charge is 2.15. The summed E-state index contributed by atoms with van der Waals surface area (Å²) in [5.74, 6) is 2.03. The van der Waals surface area contributed by atoms with Crippen molar-refractivity contribution in [3.8, 4) is 11.4 Å². The van der Waals surface area contributed by atoms with Gasteiger partial charge in [-0.1, -0.05) is 47.3 Å². The van der Waals surface area contributed by atoms with Crippen molar-refractivity contribution in [3.63, 3.8) is 0 Å². The molecule has 128 valence electrons. The van der Waals surface area contributed by atoms with Gasteiger partial charge in [-0.15, -0.1) is 0 Å². The Balaban J connectivity index is 1.26. The van der Waals surface area contributed by atoms with Crippen LogP contribution in [-0.2, 0) is 24.3 Å². The third-order valence-corrected chi connectivity index (χ3v) is 4.86. The first-order valence-corrected chi connectivity index (χ1v) is 9.10. The van der Waals surface area contributed by atoms with Gasteiger partial charge in [-0.3, -0.25) is 4.79 Å². The first-order chi connectivity index (χ1) is 12.3. The Bertz CT molecular complexity index is 853. The van der Waals surface area contributed by atoms with Crippen molar-refractivity contribution in [1.29, 1.82) is 0 Å². The smallest absolute Gasteiger partial charge is 0.227 e. The minimum absolute atomic E-state index is 0.0553. The molecular weight excluding hydrogens is 338 g/mol. The molecule has 2 aromatic heterocycles. The first-order valence-electron chi connectivity index (χ1n) is 8.11. The van der Waals surface area contributed by atoms with Crippen molar-refractivity contribution >= 4 is 17.7 Å². The number of benzene rings is 1. The van der Waals surface area contributed by atoms with Crippen LogP contribution in [0.2, 0.25) is 0 Å². The van der Waals surface area contributed by atoms with Crippen molar-refractivity contribution in [2.75, 3.05) is 5.75 Å². The van der Waals surface area contributed by atoms with Crippen LogP contribution in [0.3, 0.4) is 0 Å². The van der Waals surface area contributed by atoms with E-state index in [1.807, 2.05) is 36.5 Å². The topological polar surface area (TPSA) is 85.8 Å². The number of aryl methyl sites for hydroxylation is 2. The Morgan fingerprint density at radius 1 is 1.28 bits per heavy atom. The Hall–Kier alpha value is -2.61. The van der Waals surface area contributed by atoms with Crippen LogP contribution in [0.25, 0.3) is 11.4 Å². The molecule has 3 aromatic rings. The molecule has 7 nitrogen and oxygen atoms in total. The van der Waals surface area contributed by atoms with Gasteiger partial charge in [0.05, 0.1) is 12.2 Å². The molecule has 1 N–H and O–H groups in total. The molecule has 1 aromatic carbocycles. The molecule has 0 radical (unpaired) electrons. The number of imidazole rings is 1. The van der Waals surface area contributed by atoms with Crippen molar-refractivity contribution < 1.29 is 9.32 Å². The molecule has 0 atom stereocenters. The minimum atomic E-state index is -0.0553. The van der Waals surface area contributed by atoms with E-state index in [0.717, 1.165) is 28.7 Å². The van der Waals surface area contributed by atoms with Crippen LogP contribution in [0, 0.1) is 0 Å². The number of carbonyl (C=O) groups excluding carboxylic acids is 1. The monoisotopic (exact) mass is 355 g/mol. The number of rotatable bonds is 6. The highest BCUT2D eigenvalue weighted by atomic mass is 32.2. The van der Waals surface area contributed by atoms with Crippen molar-refractivity contribution in [2.45, 2.75) is 31.1 Å². The van der Waals surface area contributed by atoms with Gasteiger partial charge >= 0.3 is 0 Å². The number of thioether (sulfide) groups is 1. The van der Waals surface area contributed by atoms with E-state index in [-0.39, 0.29) is 5.91 Å². The molecule has 0 aliphatic carbocycles. The summed E-state index contributed by atoms with van der Waals surface area (Å²) in [7, 11) is 0. The summed E-state index contributed by atoms with van der Waals surface area (Å²) in [6.45, 7) is 1.43. The van der Waals surface area contributed by atoms with E-state index < -0.39 is 0 Å². The normalized spacial score (nSPS) is 13.0. The summed E-state index contributed by atoms with van der Waals surface area (Å²) in [6.07, 6.45) is 2.72. The molecular formula is C17H17N5O2S.